The van der Waals surface area contributed by atoms with Gasteiger partial charge < -0.3 is 14.6 Å². The molecule has 1 heterocycles. The van der Waals surface area contributed by atoms with Gasteiger partial charge in [-0.25, -0.2) is 0 Å². The van der Waals surface area contributed by atoms with Crippen LogP contribution in [0.3, 0.4) is 0 Å². The van der Waals surface area contributed by atoms with E-state index in [0.717, 1.165) is 31.6 Å². The lowest BCUT2D eigenvalue weighted by Gasteiger charge is -2.24. The first kappa shape index (κ1) is 13.5. The van der Waals surface area contributed by atoms with Crippen LogP contribution < -0.4 is 0 Å². The van der Waals surface area contributed by atoms with Crippen molar-refractivity contribution < 1.29 is 14.6 Å². The fraction of sp³-hybridized carbons (Fsp3) is 0.600. The highest BCUT2D eigenvalue weighted by molar-refractivity contribution is 5.31. The van der Waals surface area contributed by atoms with E-state index in [-0.39, 0.29) is 6.10 Å². The van der Waals surface area contributed by atoms with Gasteiger partial charge in [-0.15, -0.1) is 0 Å². The maximum Gasteiger partial charge on any atom is 0.102 e. The summed E-state index contributed by atoms with van der Waals surface area (Å²) >= 11 is 0. The molecule has 1 N–H and O–H groups in total. The molecule has 1 aliphatic rings. The summed E-state index contributed by atoms with van der Waals surface area (Å²) in [6.45, 7) is 6.04. The van der Waals surface area contributed by atoms with E-state index >= 15 is 0 Å². The molecule has 0 aliphatic carbocycles. The summed E-state index contributed by atoms with van der Waals surface area (Å²) in [4.78, 5) is 0. The molecular weight excluding hydrogens is 228 g/mol. The molecule has 100 valence electrons. The summed E-state index contributed by atoms with van der Waals surface area (Å²) in [5.41, 5.74) is 3.39. The van der Waals surface area contributed by atoms with Crippen molar-refractivity contribution in [1.29, 1.82) is 0 Å². The van der Waals surface area contributed by atoms with Crippen LogP contribution in [0.15, 0.2) is 18.2 Å². The molecule has 0 bridgehead atoms. The zero-order valence-electron chi connectivity index (χ0n) is 11.2. The maximum absolute atomic E-state index is 10.1. The normalized spacial score (nSPS) is 18.8. The predicted octanol–water partition coefficient (Wildman–Crippen LogP) is 2.53. The second kappa shape index (κ2) is 6.32. The van der Waals surface area contributed by atoms with Gasteiger partial charge in [0.1, 0.15) is 6.10 Å². The zero-order chi connectivity index (χ0) is 13.0. The Hall–Kier alpha value is -0.900. The van der Waals surface area contributed by atoms with E-state index in [4.69, 9.17) is 9.47 Å². The quantitative estimate of drug-likeness (QED) is 0.892. The molecule has 0 aromatic heterocycles. The molecule has 1 unspecified atom stereocenters. The van der Waals surface area contributed by atoms with Crippen LogP contribution in [0.1, 0.15) is 35.6 Å². The van der Waals surface area contributed by atoms with Crippen molar-refractivity contribution in [3.63, 3.8) is 0 Å². The number of ether oxygens (including phenoxy) is 2. The fourth-order valence-corrected chi connectivity index (χ4v) is 2.14. The summed E-state index contributed by atoms with van der Waals surface area (Å²) in [7, 11) is 0. The predicted molar refractivity (Wildman–Crippen MR) is 70.7 cm³/mol. The molecule has 18 heavy (non-hydrogen) atoms. The third-order valence-electron chi connectivity index (χ3n) is 3.57. The Bertz CT molecular complexity index is 383. The number of hydrogen-bond acceptors (Lipinski definition) is 3. The van der Waals surface area contributed by atoms with E-state index in [1.54, 1.807) is 0 Å². The van der Waals surface area contributed by atoms with Crippen molar-refractivity contribution in [3.05, 3.63) is 34.9 Å². The molecule has 0 spiro atoms. The van der Waals surface area contributed by atoms with Crippen molar-refractivity contribution in [3.8, 4) is 0 Å². The molecule has 1 atom stereocenters. The van der Waals surface area contributed by atoms with Gasteiger partial charge in [0.25, 0.3) is 0 Å². The summed E-state index contributed by atoms with van der Waals surface area (Å²) in [6, 6.07) is 6.05. The van der Waals surface area contributed by atoms with Crippen LogP contribution in [-0.4, -0.2) is 31.0 Å². The molecule has 0 saturated carbocycles. The van der Waals surface area contributed by atoms with Crippen LogP contribution >= 0.6 is 0 Å². The standard InChI is InChI=1S/C15H22O3/c1-11-3-4-13(9-12(11)2)15(16)10-18-14-5-7-17-8-6-14/h3-4,9,14-16H,5-8,10H2,1-2H3. The van der Waals surface area contributed by atoms with Crippen molar-refractivity contribution in [2.24, 2.45) is 0 Å². The highest BCUT2D eigenvalue weighted by Gasteiger charge is 2.16. The van der Waals surface area contributed by atoms with Gasteiger partial charge in [-0.2, -0.15) is 0 Å². The molecule has 0 amide bonds. The number of aliphatic hydroxyl groups excluding tert-OH is 1. The lowest BCUT2D eigenvalue weighted by molar-refractivity contribution is -0.0598. The van der Waals surface area contributed by atoms with E-state index in [2.05, 4.69) is 13.8 Å². The van der Waals surface area contributed by atoms with E-state index in [1.807, 2.05) is 18.2 Å². The zero-order valence-corrected chi connectivity index (χ0v) is 11.2. The Balaban J connectivity index is 1.86. The van der Waals surface area contributed by atoms with E-state index in [0.29, 0.717) is 6.61 Å². The van der Waals surface area contributed by atoms with Gasteiger partial charge in [0.15, 0.2) is 0 Å². The summed E-state index contributed by atoms with van der Waals surface area (Å²) in [5, 5.41) is 10.1. The Morgan fingerprint density at radius 1 is 1.28 bits per heavy atom. The first-order chi connectivity index (χ1) is 8.66. The number of aryl methyl sites for hydroxylation is 2. The molecule has 1 aromatic carbocycles. The highest BCUT2D eigenvalue weighted by Crippen LogP contribution is 2.19. The molecule has 1 saturated heterocycles. The average molecular weight is 250 g/mol. The summed E-state index contributed by atoms with van der Waals surface area (Å²) < 4.78 is 11.0. The van der Waals surface area contributed by atoms with Crippen LogP contribution in [0.4, 0.5) is 0 Å². The number of rotatable bonds is 4. The van der Waals surface area contributed by atoms with E-state index in [9.17, 15) is 5.11 Å². The molecule has 1 aliphatic heterocycles. The maximum atomic E-state index is 10.1. The van der Waals surface area contributed by atoms with E-state index < -0.39 is 6.10 Å². The second-order valence-electron chi connectivity index (χ2n) is 5.00. The minimum absolute atomic E-state index is 0.236. The smallest absolute Gasteiger partial charge is 0.102 e. The number of benzene rings is 1. The molecule has 0 radical (unpaired) electrons. The SMILES string of the molecule is Cc1ccc(C(O)COC2CCOCC2)cc1C. The van der Waals surface area contributed by atoms with Gasteiger partial charge in [-0.05, 0) is 43.4 Å². The third-order valence-corrected chi connectivity index (χ3v) is 3.57. The Morgan fingerprint density at radius 3 is 2.67 bits per heavy atom. The molecule has 3 heteroatoms. The lowest BCUT2D eigenvalue weighted by Crippen LogP contribution is -2.25. The molecular formula is C15H22O3. The van der Waals surface area contributed by atoms with Crippen molar-refractivity contribution in [2.75, 3.05) is 19.8 Å². The lowest BCUT2D eigenvalue weighted by atomic mass is 10.0. The van der Waals surface area contributed by atoms with Gasteiger partial charge in [0.05, 0.1) is 12.7 Å². The van der Waals surface area contributed by atoms with Crippen LogP contribution in [0.25, 0.3) is 0 Å². The molecule has 2 rings (SSSR count). The summed E-state index contributed by atoms with van der Waals surface area (Å²) in [5.74, 6) is 0. The minimum Gasteiger partial charge on any atom is -0.386 e. The van der Waals surface area contributed by atoms with Gasteiger partial charge in [0, 0.05) is 13.2 Å². The fourth-order valence-electron chi connectivity index (χ4n) is 2.14. The second-order valence-corrected chi connectivity index (χ2v) is 5.00. The molecule has 3 nitrogen and oxygen atoms in total. The van der Waals surface area contributed by atoms with Crippen LogP contribution in [0, 0.1) is 13.8 Å². The first-order valence-corrected chi connectivity index (χ1v) is 6.61. The molecule has 1 fully saturated rings. The average Bonchev–Trinajstić information content (AvgIpc) is 2.40. The monoisotopic (exact) mass is 250 g/mol. The molecule has 1 aromatic rings. The minimum atomic E-state index is -0.535. The van der Waals surface area contributed by atoms with Crippen LogP contribution in [-0.2, 0) is 9.47 Å². The van der Waals surface area contributed by atoms with E-state index in [1.165, 1.54) is 11.1 Å². The van der Waals surface area contributed by atoms with Crippen molar-refractivity contribution in [1.82, 2.24) is 0 Å². The van der Waals surface area contributed by atoms with Gasteiger partial charge in [0.2, 0.25) is 0 Å². The van der Waals surface area contributed by atoms with Gasteiger partial charge in [-0.1, -0.05) is 18.2 Å². The van der Waals surface area contributed by atoms with Crippen LogP contribution in [0.5, 0.6) is 0 Å². The largest absolute Gasteiger partial charge is 0.386 e. The Labute approximate surface area is 109 Å². The summed E-state index contributed by atoms with van der Waals surface area (Å²) in [6.07, 6.45) is 1.56. The van der Waals surface area contributed by atoms with Gasteiger partial charge in [-0.3, -0.25) is 0 Å². The van der Waals surface area contributed by atoms with Crippen molar-refractivity contribution in [2.45, 2.75) is 38.9 Å². The van der Waals surface area contributed by atoms with Crippen LogP contribution in [0.2, 0.25) is 0 Å². The number of hydrogen-bond donors (Lipinski definition) is 1. The third kappa shape index (κ3) is 3.55. The Morgan fingerprint density at radius 2 is 2.00 bits per heavy atom. The first-order valence-electron chi connectivity index (χ1n) is 6.61. The number of aliphatic hydroxyl groups is 1. The van der Waals surface area contributed by atoms with Crippen molar-refractivity contribution >= 4 is 0 Å². The Kier molecular flexibility index (Phi) is 4.75. The van der Waals surface area contributed by atoms with Gasteiger partial charge >= 0.3 is 0 Å². The highest BCUT2D eigenvalue weighted by atomic mass is 16.5. The topological polar surface area (TPSA) is 38.7 Å².